The van der Waals surface area contributed by atoms with Crippen LogP contribution in [0.15, 0.2) is 48.1 Å². The molecule has 1 aromatic rings. The first-order chi connectivity index (χ1) is 8.55. The number of hydrazine groups is 1. The molecule has 0 aromatic heterocycles. The highest BCUT2D eigenvalue weighted by molar-refractivity contribution is 5.68. The summed E-state index contributed by atoms with van der Waals surface area (Å²) in [6, 6.07) is 8.72. The fourth-order valence-electron chi connectivity index (χ4n) is 3.38. The van der Waals surface area contributed by atoms with E-state index in [0.717, 1.165) is 5.69 Å². The lowest BCUT2D eigenvalue weighted by molar-refractivity contribution is 0.473. The molecule has 1 aromatic carbocycles. The van der Waals surface area contributed by atoms with Gasteiger partial charge in [-0.3, -0.25) is 0 Å². The summed E-state index contributed by atoms with van der Waals surface area (Å²) in [4.78, 5) is 0. The first kappa shape index (κ1) is 11.5. The van der Waals surface area contributed by atoms with E-state index in [0.29, 0.717) is 5.92 Å². The lowest BCUT2D eigenvalue weighted by Gasteiger charge is -2.38. The van der Waals surface area contributed by atoms with Crippen molar-refractivity contribution in [3.05, 3.63) is 53.6 Å². The zero-order chi connectivity index (χ0) is 12.9. The number of nitrogens with zero attached hydrogens (tertiary/aromatic N) is 1. The predicted octanol–water partition coefficient (Wildman–Crippen LogP) is 3.16. The average Bonchev–Trinajstić information content (AvgIpc) is 2.59. The van der Waals surface area contributed by atoms with Gasteiger partial charge in [-0.15, -0.1) is 0 Å². The lowest BCUT2D eigenvalue weighted by Crippen LogP contribution is -2.49. The van der Waals surface area contributed by atoms with Gasteiger partial charge in [0, 0.05) is 5.41 Å². The summed E-state index contributed by atoms with van der Waals surface area (Å²) < 4.78 is 0. The number of allylic oxidation sites excluding steroid dienone is 2. The summed E-state index contributed by atoms with van der Waals surface area (Å²) in [5, 5.41) is 1.95. The Morgan fingerprint density at radius 3 is 2.72 bits per heavy atom. The topological polar surface area (TPSA) is 29.3 Å². The molecule has 94 valence electrons. The highest BCUT2D eigenvalue weighted by Gasteiger charge is 2.48. The van der Waals surface area contributed by atoms with E-state index in [1.165, 1.54) is 11.1 Å². The van der Waals surface area contributed by atoms with E-state index < -0.39 is 0 Å². The van der Waals surface area contributed by atoms with Gasteiger partial charge >= 0.3 is 0 Å². The second-order valence-electron chi connectivity index (χ2n) is 5.79. The molecule has 0 amide bonds. The molecule has 2 unspecified atom stereocenters. The van der Waals surface area contributed by atoms with Crippen LogP contribution in [-0.4, -0.2) is 6.04 Å². The number of nitrogens with two attached hydrogens (primary N) is 1. The van der Waals surface area contributed by atoms with E-state index >= 15 is 0 Å². The van der Waals surface area contributed by atoms with Crippen LogP contribution in [0.2, 0.25) is 0 Å². The van der Waals surface area contributed by atoms with Crippen molar-refractivity contribution in [1.82, 2.24) is 0 Å². The molecule has 18 heavy (non-hydrogen) atoms. The molecule has 1 heterocycles. The van der Waals surface area contributed by atoms with Gasteiger partial charge in [0.05, 0.1) is 11.7 Å². The van der Waals surface area contributed by atoms with E-state index in [2.05, 4.69) is 63.3 Å². The first-order valence-electron chi connectivity index (χ1n) is 6.58. The highest BCUT2D eigenvalue weighted by Crippen LogP contribution is 2.49. The molecule has 0 fully saturated rings. The Morgan fingerprint density at radius 1 is 1.28 bits per heavy atom. The number of para-hydroxylation sites is 1. The van der Waals surface area contributed by atoms with Crippen LogP contribution in [0.1, 0.15) is 26.3 Å². The van der Waals surface area contributed by atoms with Crippen LogP contribution in [0.25, 0.3) is 0 Å². The monoisotopic (exact) mass is 240 g/mol. The Bertz CT molecular complexity index is 542. The molecule has 2 aliphatic rings. The van der Waals surface area contributed by atoms with Crippen molar-refractivity contribution in [2.45, 2.75) is 32.2 Å². The van der Waals surface area contributed by atoms with Crippen LogP contribution in [0, 0.1) is 5.92 Å². The maximum atomic E-state index is 6.37. The van der Waals surface area contributed by atoms with E-state index in [4.69, 9.17) is 5.84 Å². The summed E-state index contributed by atoms with van der Waals surface area (Å²) in [6.07, 6.45) is 6.69. The van der Waals surface area contributed by atoms with E-state index in [1.54, 1.807) is 0 Å². The van der Waals surface area contributed by atoms with E-state index in [-0.39, 0.29) is 11.5 Å². The van der Waals surface area contributed by atoms with Crippen molar-refractivity contribution >= 4 is 5.69 Å². The van der Waals surface area contributed by atoms with Gasteiger partial charge in [-0.05, 0) is 30.0 Å². The second kappa shape index (κ2) is 3.72. The maximum absolute atomic E-state index is 6.37. The zero-order valence-electron chi connectivity index (χ0n) is 11.2. The van der Waals surface area contributed by atoms with Crippen LogP contribution >= 0.6 is 0 Å². The lowest BCUT2D eigenvalue weighted by atomic mass is 9.71. The number of hydrogen-bond donors (Lipinski definition) is 1. The molecule has 0 saturated heterocycles. The molecule has 2 N–H and O–H groups in total. The van der Waals surface area contributed by atoms with Crippen molar-refractivity contribution in [3.63, 3.8) is 0 Å². The molecule has 0 saturated carbocycles. The number of fused-ring (bicyclic) bond motifs is 3. The zero-order valence-corrected chi connectivity index (χ0v) is 11.2. The minimum absolute atomic E-state index is 0.000301. The van der Waals surface area contributed by atoms with Crippen molar-refractivity contribution < 1.29 is 0 Å². The number of hydrogen-bond acceptors (Lipinski definition) is 2. The molecular weight excluding hydrogens is 220 g/mol. The number of rotatable bonds is 1. The van der Waals surface area contributed by atoms with Gasteiger partial charge in [-0.1, -0.05) is 50.3 Å². The SMILES string of the molecule is CC(C)C1=CC=CC2(C)c3ccccc3N(N)C12. The van der Waals surface area contributed by atoms with Crippen molar-refractivity contribution in [1.29, 1.82) is 0 Å². The van der Waals surface area contributed by atoms with Crippen LogP contribution in [-0.2, 0) is 5.41 Å². The van der Waals surface area contributed by atoms with Crippen molar-refractivity contribution in [2.75, 3.05) is 5.01 Å². The molecular formula is C16H20N2. The fourth-order valence-corrected chi connectivity index (χ4v) is 3.38. The average molecular weight is 240 g/mol. The molecule has 0 bridgehead atoms. The minimum Gasteiger partial charge on any atom is -0.302 e. The molecule has 1 aliphatic carbocycles. The first-order valence-corrected chi connectivity index (χ1v) is 6.58. The Labute approximate surface area is 109 Å². The van der Waals surface area contributed by atoms with Gasteiger partial charge in [0.2, 0.25) is 0 Å². The molecule has 2 heteroatoms. The summed E-state index contributed by atoms with van der Waals surface area (Å²) in [6.45, 7) is 6.76. The van der Waals surface area contributed by atoms with Gasteiger partial charge in [-0.2, -0.15) is 0 Å². The highest BCUT2D eigenvalue weighted by atomic mass is 15.4. The van der Waals surface area contributed by atoms with Crippen LogP contribution in [0.5, 0.6) is 0 Å². The van der Waals surface area contributed by atoms with E-state index in [1.807, 2.05) is 5.01 Å². The second-order valence-corrected chi connectivity index (χ2v) is 5.79. The number of benzene rings is 1. The molecule has 2 nitrogen and oxygen atoms in total. The predicted molar refractivity (Wildman–Crippen MR) is 76.3 cm³/mol. The quantitative estimate of drug-likeness (QED) is 0.764. The van der Waals surface area contributed by atoms with Gasteiger partial charge in [-0.25, -0.2) is 5.84 Å². The van der Waals surface area contributed by atoms with Gasteiger partial charge in [0.25, 0.3) is 0 Å². The largest absolute Gasteiger partial charge is 0.302 e. The third-order valence-corrected chi connectivity index (χ3v) is 4.32. The standard InChI is InChI=1S/C16H20N2/c1-11(2)12-7-6-10-16(3)13-8-4-5-9-14(13)18(17)15(12)16/h4-11,15H,17H2,1-3H3. The molecule has 2 atom stereocenters. The summed E-state index contributed by atoms with van der Waals surface area (Å²) in [5.74, 6) is 6.89. The van der Waals surface area contributed by atoms with Gasteiger partial charge < -0.3 is 5.01 Å². The number of anilines is 1. The van der Waals surface area contributed by atoms with Crippen molar-refractivity contribution in [2.24, 2.45) is 11.8 Å². The van der Waals surface area contributed by atoms with Gasteiger partial charge in [0.1, 0.15) is 0 Å². The summed E-state index contributed by atoms with van der Waals surface area (Å²) >= 11 is 0. The summed E-state index contributed by atoms with van der Waals surface area (Å²) in [5.41, 5.74) is 3.90. The summed E-state index contributed by atoms with van der Waals surface area (Å²) in [7, 11) is 0. The van der Waals surface area contributed by atoms with Crippen LogP contribution in [0.3, 0.4) is 0 Å². The molecule has 3 rings (SSSR count). The van der Waals surface area contributed by atoms with E-state index in [9.17, 15) is 0 Å². The van der Waals surface area contributed by atoms with Crippen LogP contribution < -0.4 is 10.9 Å². The Morgan fingerprint density at radius 2 is 2.00 bits per heavy atom. The van der Waals surface area contributed by atoms with Gasteiger partial charge in [0.15, 0.2) is 0 Å². The maximum Gasteiger partial charge on any atom is 0.0797 e. The fraction of sp³-hybridized carbons (Fsp3) is 0.375. The Hall–Kier alpha value is -1.54. The normalized spacial score (nSPS) is 29.3. The Balaban J connectivity index is 2.19. The smallest absolute Gasteiger partial charge is 0.0797 e. The molecule has 1 aliphatic heterocycles. The molecule has 0 radical (unpaired) electrons. The van der Waals surface area contributed by atoms with Crippen LogP contribution in [0.4, 0.5) is 5.69 Å². The third-order valence-electron chi connectivity index (χ3n) is 4.32. The Kier molecular flexibility index (Phi) is 2.39. The minimum atomic E-state index is -0.000301. The molecule has 0 spiro atoms. The van der Waals surface area contributed by atoms with Crippen molar-refractivity contribution in [3.8, 4) is 0 Å². The third kappa shape index (κ3) is 1.33.